The van der Waals surface area contributed by atoms with E-state index in [2.05, 4.69) is 41.2 Å². The molecule has 1 aromatic carbocycles. The SMILES string of the molecule is Fc1cc(C#Cc2ccc(CC3=CCCC3)s2)cc(F)c1N=C=S. The average molecular weight is 357 g/mol. The molecule has 0 amide bonds. The maximum atomic E-state index is 13.8. The summed E-state index contributed by atoms with van der Waals surface area (Å²) in [5.41, 5.74) is 1.32. The van der Waals surface area contributed by atoms with Crippen LogP contribution in [-0.2, 0) is 6.42 Å². The molecule has 0 bridgehead atoms. The Balaban J connectivity index is 1.77. The number of hydrogen-bond donors (Lipinski definition) is 0. The third kappa shape index (κ3) is 4.04. The minimum atomic E-state index is -0.795. The lowest BCUT2D eigenvalue weighted by Crippen LogP contribution is -1.86. The molecular weight excluding hydrogens is 344 g/mol. The summed E-state index contributed by atoms with van der Waals surface area (Å²) in [4.78, 5) is 5.52. The number of allylic oxidation sites excluding steroid dienone is 2. The van der Waals surface area contributed by atoms with E-state index in [0.29, 0.717) is 0 Å². The molecule has 1 aliphatic rings. The molecule has 0 aliphatic heterocycles. The van der Waals surface area contributed by atoms with Crippen LogP contribution in [0.25, 0.3) is 0 Å². The fraction of sp³-hybridized carbons (Fsp3) is 0.211. The number of thiocarbonyl (C=S) groups is 1. The molecule has 2 aromatic rings. The molecule has 0 unspecified atom stereocenters. The van der Waals surface area contributed by atoms with E-state index in [4.69, 9.17) is 0 Å². The zero-order chi connectivity index (χ0) is 16.9. The van der Waals surface area contributed by atoms with Crippen molar-refractivity contribution in [3.8, 4) is 11.8 Å². The second-order valence-electron chi connectivity index (χ2n) is 5.44. The third-order valence-corrected chi connectivity index (χ3v) is 4.79. The summed E-state index contributed by atoms with van der Waals surface area (Å²) in [5.74, 6) is 4.17. The second-order valence-corrected chi connectivity index (χ2v) is 6.79. The first-order valence-electron chi connectivity index (χ1n) is 7.51. The van der Waals surface area contributed by atoms with Gasteiger partial charge in [-0.15, -0.1) is 11.3 Å². The van der Waals surface area contributed by atoms with Crippen LogP contribution in [0.3, 0.4) is 0 Å². The van der Waals surface area contributed by atoms with Gasteiger partial charge in [0.15, 0.2) is 11.6 Å². The Labute approximate surface area is 148 Å². The summed E-state index contributed by atoms with van der Waals surface area (Å²) in [5, 5.41) is 1.96. The van der Waals surface area contributed by atoms with E-state index in [0.717, 1.165) is 23.4 Å². The molecule has 1 aromatic heterocycles. The highest BCUT2D eigenvalue weighted by Gasteiger charge is 2.09. The number of benzene rings is 1. The van der Waals surface area contributed by atoms with Gasteiger partial charge < -0.3 is 0 Å². The predicted octanol–water partition coefficient (Wildman–Crippen LogP) is 5.81. The van der Waals surface area contributed by atoms with Gasteiger partial charge in [-0.05, 0) is 55.7 Å². The Morgan fingerprint density at radius 3 is 2.62 bits per heavy atom. The number of nitrogens with zero attached hydrogens (tertiary/aromatic N) is 1. The molecule has 0 fully saturated rings. The summed E-state index contributed by atoms with van der Waals surface area (Å²) < 4.78 is 27.5. The highest BCUT2D eigenvalue weighted by molar-refractivity contribution is 7.78. The molecule has 24 heavy (non-hydrogen) atoms. The van der Waals surface area contributed by atoms with Crippen molar-refractivity contribution in [2.24, 2.45) is 4.99 Å². The van der Waals surface area contributed by atoms with Gasteiger partial charge >= 0.3 is 0 Å². The maximum absolute atomic E-state index is 13.8. The Morgan fingerprint density at radius 1 is 1.17 bits per heavy atom. The molecule has 5 heteroatoms. The minimum Gasteiger partial charge on any atom is -0.204 e. The molecule has 1 aliphatic carbocycles. The molecule has 0 saturated carbocycles. The van der Waals surface area contributed by atoms with Gasteiger partial charge in [-0.1, -0.05) is 23.5 Å². The van der Waals surface area contributed by atoms with Crippen molar-refractivity contribution < 1.29 is 8.78 Å². The van der Waals surface area contributed by atoms with Crippen LogP contribution >= 0.6 is 23.6 Å². The number of isothiocyanates is 1. The fourth-order valence-corrected chi connectivity index (χ4v) is 3.59. The van der Waals surface area contributed by atoms with Crippen molar-refractivity contribution in [1.29, 1.82) is 0 Å². The Bertz CT molecular complexity index is 886. The number of thiophene rings is 1. The van der Waals surface area contributed by atoms with E-state index in [1.807, 2.05) is 11.2 Å². The van der Waals surface area contributed by atoms with Crippen molar-refractivity contribution in [3.05, 3.63) is 62.9 Å². The van der Waals surface area contributed by atoms with Crippen LogP contribution in [0.2, 0.25) is 0 Å². The smallest absolute Gasteiger partial charge is 0.153 e. The van der Waals surface area contributed by atoms with E-state index < -0.39 is 17.3 Å². The number of rotatable bonds is 3. The molecule has 3 rings (SSSR count). The molecular formula is C19H13F2NS2. The van der Waals surface area contributed by atoms with Gasteiger partial charge in [0.1, 0.15) is 5.69 Å². The van der Waals surface area contributed by atoms with E-state index in [1.165, 1.54) is 29.7 Å². The summed E-state index contributed by atoms with van der Waals surface area (Å²) in [6.07, 6.45) is 6.87. The molecule has 0 radical (unpaired) electrons. The normalized spacial score (nSPS) is 13.0. The quantitative estimate of drug-likeness (QED) is 0.292. The zero-order valence-corrected chi connectivity index (χ0v) is 14.4. The van der Waals surface area contributed by atoms with Crippen molar-refractivity contribution in [2.45, 2.75) is 25.7 Å². The first-order chi connectivity index (χ1) is 11.7. The second kappa shape index (κ2) is 7.63. The van der Waals surface area contributed by atoms with Gasteiger partial charge in [0.05, 0.1) is 10.0 Å². The predicted molar refractivity (Wildman–Crippen MR) is 97.0 cm³/mol. The van der Waals surface area contributed by atoms with E-state index in [9.17, 15) is 8.78 Å². The lowest BCUT2D eigenvalue weighted by Gasteiger charge is -1.98. The molecule has 0 N–H and O–H groups in total. The highest BCUT2D eigenvalue weighted by Crippen LogP contribution is 2.26. The summed E-state index contributed by atoms with van der Waals surface area (Å²) in [6, 6.07) is 6.31. The van der Waals surface area contributed by atoms with E-state index >= 15 is 0 Å². The van der Waals surface area contributed by atoms with Gasteiger partial charge in [-0.2, -0.15) is 4.99 Å². The Kier molecular flexibility index (Phi) is 5.32. The standard InChI is InChI=1S/C19H13F2NS2/c20-17-10-14(11-18(21)19(17)22-12-23)5-6-15-7-8-16(24-15)9-13-3-1-2-4-13/h3,7-8,10-11H,1-2,4,9H2. The van der Waals surface area contributed by atoms with Crippen LogP contribution in [-0.4, -0.2) is 5.16 Å². The maximum Gasteiger partial charge on any atom is 0.153 e. The molecule has 120 valence electrons. The van der Waals surface area contributed by atoms with Crippen LogP contribution in [0.15, 0.2) is 40.9 Å². The van der Waals surface area contributed by atoms with Crippen molar-refractivity contribution in [1.82, 2.24) is 0 Å². The summed E-state index contributed by atoms with van der Waals surface area (Å²) in [6.45, 7) is 0. The van der Waals surface area contributed by atoms with Gasteiger partial charge in [-0.25, -0.2) is 8.78 Å². The highest BCUT2D eigenvalue weighted by atomic mass is 32.1. The van der Waals surface area contributed by atoms with Gasteiger partial charge in [-0.3, -0.25) is 0 Å². The van der Waals surface area contributed by atoms with Crippen LogP contribution in [0.5, 0.6) is 0 Å². The molecule has 0 spiro atoms. The number of aliphatic imine (C=N–C) groups is 1. The lowest BCUT2D eigenvalue weighted by molar-refractivity contribution is 0.587. The van der Waals surface area contributed by atoms with Crippen LogP contribution < -0.4 is 0 Å². The monoisotopic (exact) mass is 357 g/mol. The van der Waals surface area contributed by atoms with E-state index in [-0.39, 0.29) is 5.56 Å². The van der Waals surface area contributed by atoms with Crippen LogP contribution in [0.1, 0.15) is 34.6 Å². The van der Waals surface area contributed by atoms with Crippen molar-refractivity contribution >= 4 is 34.4 Å². The number of halogens is 2. The first kappa shape index (κ1) is 16.7. The van der Waals surface area contributed by atoms with Gasteiger partial charge in [0.25, 0.3) is 0 Å². The van der Waals surface area contributed by atoms with Crippen LogP contribution in [0, 0.1) is 23.5 Å². The topological polar surface area (TPSA) is 12.4 Å². The first-order valence-corrected chi connectivity index (χ1v) is 8.74. The summed E-state index contributed by atoms with van der Waals surface area (Å²) >= 11 is 5.99. The Morgan fingerprint density at radius 2 is 1.96 bits per heavy atom. The van der Waals surface area contributed by atoms with Gasteiger partial charge in [0, 0.05) is 16.9 Å². The van der Waals surface area contributed by atoms with Crippen molar-refractivity contribution in [2.75, 3.05) is 0 Å². The fourth-order valence-electron chi connectivity index (χ4n) is 2.59. The zero-order valence-electron chi connectivity index (χ0n) is 12.7. The summed E-state index contributed by atoms with van der Waals surface area (Å²) in [7, 11) is 0. The number of hydrogen-bond acceptors (Lipinski definition) is 3. The van der Waals surface area contributed by atoms with Gasteiger partial charge in [0.2, 0.25) is 0 Å². The molecule has 1 heterocycles. The molecule has 0 saturated heterocycles. The molecule has 1 nitrogen and oxygen atoms in total. The third-order valence-electron chi connectivity index (χ3n) is 3.70. The minimum absolute atomic E-state index is 0.266. The van der Waals surface area contributed by atoms with Crippen LogP contribution in [0.4, 0.5) is 14.5 Å². The van der Waals surface area contributed by atoms with Crippen molar-refractivity contribution in [3.63, 3.8) is 0 Å². The van der Waals surface area contributed by atoms with E-state index in [1.54, 1.807) is 11.3 Å². The average Bonchev–Trinajstić information content (AvgIpc) is 3.21. The largest absolute Gasteiger partial charge is 0.204 e. The Hall–Kier alpha value is -2.12. The molecule has 0 atom stereocenters. The lowest BCUT2D eigenvalue weighted by atomic mass is 10.1.